The number of thiophene rings is 1. The molecule has 2 aromatic heterocycles. The molecule has 0 aliphatic rings. The van der Waals surface area contributed by atoms with Crippen molar-refractivity contribution in [3.8, 4) is 6.07 Å². The molecule has 0 fully saturated rings. The maximum Gasteiger partial charge on any atom is 0.141 e. The molecule has 0 saturated heterocycles. The van der Waals surface area contributed by atoms with Crippen LogP contribution in [0.1, 0.15) is 5.69 Å². The highest BCUT2D eigenvalue weighted by Gasteiger charge is 2.05. The summed E-state index contributed by atoms with van der Waals surface area (Å²) in [5, 5.41) is 9.93. The molecule has 2 heterocycles. The Labute approximate surface area is 90.4 Å². The summed E-state index contributed by atoms with van der Waals surface area (Å²) in [5.74, 6) is 0. The normalized spacial score (nSPS) is 10.6. The van der Waals surface area contributed by atoms with Crippen molar-refractivity contribution in [2.45, 2.75) is 0 Å². The first-order valence-corrected chi connectivity index (χ1v) is 5.38. The van der Waals surface area contributed by atoms with Gasteiger partial charge < -0.3 is 0 Å². The lowest BCUT2D eigenvalue weighted by Crippen LogP contribution is -1.80. The largest absolute Gasteiger partial charge is 0.236 e. The van der Waals surface area contributed by atoms with Gasteiger partial charge in [0.25, 0.3) is 0 Å². The minimum atomic E-state index is 0.478. The molecule has 3 aromatic rings. The molecule has 0 atom stereocenters. The van der Waals surface area contributed by atoms with Crippen LogP contribution in [-0.2, 0) is 0 Å². The summed E-state index contributed by atoms with van der Waals surface area (Å²) >= 11 is 1.71. The van der Waals surface area contributed by atoms with Crippen molar-refractivity contribution >= 4 is 31.6 Å². The molecule has 0 radical (unpaired) electrons. The molecule has 1 aromatic carbocycles. The van der Waals surface area contributed by atoms with Gasteiger partial charge in [0.05, 0.1) is 10.2 Å². The molecule has 0 spiro atoms. The van der Waals surface area contributed by atoms with E-state index in [0.29, 0.717) is 5.69 Å². The van der Waals surface area contributed by atoms with Crippen LogP contribution in [0.15, 0.2) is 36.4 Å². The zero-order valence-electron chi connectivity index (χ0n) is 7.77. The Morgan fingerprint density at radius 1 is 1.07 bits per heavy atom. The standard InChI is InChI=1S/C12H6N2S/c13-7-8-5-6-11-12(14-8)9-3-1-2-4-10(9)15-11/h1-6H. The lowest BCUT2D eigenvalue weighted by molar-refractivity contribution is 1.34. The van der Waals surface area contributed by atoms with Crippen LogP contribution in [0.25, 0.3) is 20.3 Å². The monoisotopic (exact) mass is 210 g/mol. The number of hydrogen-bond acceptors (Lipinski definition) is 3. The number of nitriles is 1. The fraction of sp³-hybridized carbons (Fsp3) is 0. The van der Waals surface area contributed by atoms with Crippen molar-refractivity contribution in [2.75, 3.05) is 0 Å². The van der Waals surface area contributed by atoms with Gasteiger partial charge in [0.2, 0.25) is 0 Å². The van der Waals surface area contributed by atoms with Gasteiger partial charge in [-0.05, 0) is 18.2 Å². The highest BCUT2D eigenvalue weighted by Crippen LogP contribution is 2.32. The van der Waals surface area contributed by atoms with Gasteiger partial charge in [0.1, 0.15) is 11.8 Å². The molecule has 0 bridgehead atoms. The van der Waals surface area contributed by atoms with Gasteiger partial charge in [0, 0.05) is 10.1 Å². The Kier molecular flexibility index (Phi) is 1.70. The fourth-order valence-corrected chi connectivity index (χ4v) is 2.70. The molecule has 0 saturated carbocycles. The Hall–Kier alpha value is -1.92. The number of hydrogen-bond donors (Lipinski definition) is 0. The van der Waals surface area contributed by atoms with Gasteiger partial charge in [0.15, 0.2) is 0 Å². The van der Waals surface area contributed by atoms with E-state index >= 15 is 0 Å². The molecule has 15 heavy (non-hydrogen) atoms. The molecular weight excluding hydrogens is 204 g/mol. The van der Waals surface area contributed by atoms with Gasteiger partial charge in [-0.3, -0.25) is 0 Å². The van der Waals surface area contributed by atoms with Gasteiger partial charge in [-0.1, -0.05) is 18.2 Å². The number of rotatable bonds is 0. The van der Waals surface area contributed by atoms with Crippen molar-refractivity contribution in [3.63, 3.8) is 0 Å². The van der Waals surface area contributed by atoms with E-state index in [1.165, 1.54) is 4.70 Å². The van der Waals surface area contributed by atoms with E-state index in [2.05, 4.69) is 17.1 Å². The molecule has 0 unspecified atom stereocenters. The lowest BCUT2D eigenvalue weighted by atomic mass is 10.2. The molecule has 0 N–H and O–H groups in total. The summed E-state index contributed by atoms with van der Waals surface area (Å²) in [6.45, 7) is 0. The minimum Gasteiger partial charge on any atom is -0.236 e. The molecule has 0 amide bonds. The first-order chi connectivity index (χ1) is 7.38. The van der Waals surface area contributed by atoms with Gasteiger partial charge >= 0.3 is 0 Å². The van der Waals surface area contributed by atoms with Crippen molar-refractivity contribution < 1.29 is 0 Å². The quantitative estimate of drug-likeness (QED) is 0.570. The second kappa shape index (κ2) is 3.04. The molecule has 0 aliphatic heterocycles. The molecular formula is C12H6N2S. The average Bonchev–Trinajstić information content (AvgIpc) is 2.66. The van der Waals surface area contributed by atoms with Crippen LogP contribution in [0.4, 0.5) is 0 Å². The summed E-state index contributed by atoms with van der Waals surface area (Å²) < 4.78 is 2.35. The van der Waals surface area contributed by atoms with Crippen LogP contribution < -0.4 is 0 Å². The van der Waals surface area contributed by atoms with Crippen LogP contribution in [0.5, 0.6) is 0 Å². The first kappa shape index (κ1) is 8.39. The lowest BCUT2D eigenvalue weighted by Gasteiger charge is -1.90. The smallest absolute Gasteiger partial charge is 0.141 e. The van der Waals surface area contributed by atoms with Crippen LogP contribution in [0.2, 0.25) is 0 Å². The summed E-state index contributed by atoms with van der Waals surface area (Å²) in [6.07, 6.45) is 0. The maximum atomic E-state index is 8.80. The van der Waals surface area contributed by atoms with Crippen molar-refractivity contribution in [1.82, 2.24) is 4.98 Å². The van der Waals surface area contributed by atoms with Crippen LogP contribution in [0, 0.1) is 11.3 Å². The van der Waals surface area contributed by atoms with Gasteiger partial charge in [-0.25, -0.2) is 4.98 Å². The summed E-state index contributed by atoms with van der Waals surface area (Å²) in [5.41, 5.74) is 1.42. The highest BCUT2D eigenvalue weighted by molar-refractivity contribution is 7.25. The topological polar surface area (TPSA) is 36.7 Å². The molecule has 3 heteroatoms. The van der Waals surface area contributed by atoms with Gasteiger partial charge in [-0.2, -0.15) is 5.26 Å². The maximum absolute atomic E-state index is 8.80. The van der Waals surface area contributed by atoms with Crippen LogP contribution >= 0.6 is 11.3 Å². The molecule has 70 valence electrons. The van der Waals surface area contributed by atoms with Crippen molar-refractivity contribution in [3.05, 3.63) is 42.1 Å². The molecule has 3 rings (SSSR count). The van der Waals surface area contributed by atoms with Crippen molar-refractivity contribution in [1.29, 1.82) is 5.26 Å². The summed E-state index contributed by atoms with van der Waals surface area (Å²) in [6, 6.07) is 13.9. The summed E-state index contributed by atoms with van der Waals surface area (Å²) in [7, 11) is 0. The highest BCUT2D eigenvalue weighted by atomic mass is 32.1. The Bertz CT molecular complexity index is 691. The third-order valence-corrected chi connectivity index (χ3v) is 3.46. The number of pyridine rings is 1. The van der Waals surface area contributed by atoms with Crippen LogP contribution in [0.3, 0.4) is 0 Å². The van der Waals surface area contributed by atoms with E-state index in [1.54, 1.807) is 17.4 Å². The minimum absolute atomic E-state index is 0.478. The SMILES string of the molecule is N#Cc1ccc2sc3ccccc3c2n1. The average molecular weight is 210 g/mol. The van der Waals surface area contributed by atoms with Crippen molar-refractivity contribution in [2.24, 2.45) is 0 Å². The summed E-state index contributed by atoms with van der Waals surface area (Å²) in [4.78, 5) is 4.33. The second-order valence-corrected chi connectivity index (χ2v) is 4.34. The number of benzene rings is 1. The second-order valence-electron chi connectivity index (χ2n) is 3.25. The van der Waals surface area contributed by atoms with E-state index in [1.807, 2.05) is 24.3 Å². The number of nitrogens with zero attached hydrogens (tertiary/aromatic N) is 2. The molecule has 0 aliphatic carbocycles. The van der Waals surface area contributed by atoms with E-state index < -0.39 is 0 Å². The zero-order valence-corrected chi connectivity index (χ0v) is 8.58. The molecule has 2 nitrogen and oxygen atoms in total. The predicted molar refractivity (Wildman–Crippen MR) is 61.8 cm³/mol. The Balaban J connectivity index is 2.53. The Morgan fingerprint density at radius 2 is 1.93 bits per heavy atom. The zero-order chi connectivity index (χ0) is 10.3. The predicted octanol–water partition coefficient (Wildman–Crippen LogP) is 3.32. The Morgan fingerprint density at radius 3 is 2.80 bits per heavy atom. The first-order valence-electron chi connectivity index (χ1n) is 4.57. The fourth-order valence-electron chi connectivity index (χ4n) is 1.65. The number of fused-ring (bicyclic) bond motifs is 3. The number of aromatic nitrogens is 1. The van der Waals surface area contributed by atoms with E-state index in [-0.39, 0.29) is 0 Å². The third-order valence-electron chi connectivity index (χ3n) is 2.33. The van der Waals surface area contributed by atoms with E-state index in [9.17, 15) is 0 Å². The third kappa shape index (κ3) is 1.19. The van der Waals surface area contributed by atoms with E-state index in [4.69, 9.17) is 5.26 Å². The van der Waals surface area contributed by atoms with E-state index in [0.717, 1.165) is 15.6 Å². The van der Waals surface area contributed by atoms with Crippen LogP contribution in [-0.4, -0.2) is 4.98 Å². The van der Waals surface area contributed by atoms with Gasteiger partial charge in [-0.15, -0.1) is 11.3 Å².